The van der Waals surface area contributed by atoms with Crippen molar-refractivity contribution in [2.75, 3.05) is 35.2 Å². The maximum atomic E-state index is 11.4. The summed E-state index contributed by atoms with van der Waals surface area (Å²) in [4.78, 5) is 13.1. The van der Waals surface area contributed by atoms with Crippen molar-refractivity contribution < 1.29 is 13.2 Å². The summed E-state index contributed by atoms with van der Waals surface area (Å²) in [6.07, 6.45) is 0. The molecule has 1 aromatic rings. The number of amides is 1. The number of rotatable bonds is 2. The minimum atomic E-state index is -3.01. The van der Waals surface area contributed by atoms with Crippen molar-refractivity contribution in [1.29, 1.82) is 5.26 Å². The van der Waals surface area contributed by atoms with E-state index in [0.717, 1.165) is 11.3 Å². The van der Waals surface area contributed by atoms with E-state index in [9.17, 15) is 13.2 Å². The minimum Gasteiger partial charge on any atom is -0.396 e. The van der Waals surface area contributed by atoms with Gasteiger partial charge in [0.25, 0.3) is 5.91 Å². The Labute approximate surface area is 114 Å². The molecule has 0 spiro atoms. The molecule has 1 amide bonds. The van der Waals surface area contributed by atoms with Crippen LogP contribution in [0, 0.1) is 11.3 Å². The average Bonchev–Trinajstić information content (AvgIpc) is 2.66. The molecule has 2 rings (SSSR count). The smallest absolute Gasteiger partial charge is 0.261 e. The van der Waals surface area contributed by atoms with Crippen molar-refractivity contribution in [1.82, 2.24) is 0 Å². The van der Waals surface area contributed by atoms with Gasteiger partial charge in [-0.25, -0.2) is 8.42 Å². The largest absolute Gasteiger partial charge is 0.396 e. The molecule has 0 aliphatic carbocycles. The van der Waals surface area contributed by atoms with E-state index >= 15 is 0 Å². The lowest BCUT2D eigenvalue weighted by Gasteiger charge is -2.27. The molecule has 1 fully saturated rings. The van der Waals surface area contributed by atoms with Gasteiger partial charge in [-0.15, -0.1) is 11.3 Å². The van der Waals surface area contributed by atoms with Gasteiger partial charge in [-0.2, -0.15) is 5.26 Å². The number of primary amides is 1. The molecule has 0 bridgehead atoms. The molecule has 1 aromatic heterocycles. The fourth-order valence-corrected chi connectivity index (χ4v) is 4.14. The van der Waals surface area contributed by atoms with Crippen molar-refractivity contribution in [3.8, 4) is 6.07 Å². The lowest BCUT2D eigenvalue weighted by atomic mass is 10.2. The molecule has 4 N–H and O–H groups in total. The lowest BCUT2D eigenvalue weighted by molar-refractivity contribution is 0.100. The maximum Gasteiger partial charge on any atom is 0.261 e. The Morgan fingerprint density at radius 2 is 1.95 bits per heavy atom. The van der Waals surface area contributed by atoms with E-state index in [-0.39, 0.29) is 40.7 Å². The standard InChI is InChI=1S/C10H12N4O3S2/c11-5-6-7(12)8(9(13)15)18-10(6)14-1-3-19(16,17)4-2-14/h1-4,12H2,(H2,13,15). The fraction of sp³-hybridized carbons (Fsp3) is 0.400. The highest BCUT2D eigenvalue weighted by molar-refractivity contribution is 7.91. The van der Waals surface area contributed by atoms with Crippen molar-refractivity contribution in [2.45, 2.75) is 0 Å². The van der Waals surface area contributed by atoms with Gasteiger partial charge in [0.15, 0.2) is 9.84 Å². The summed E-state index contributed by atoms with van der Waals surface area (Å²) in [5.41, 5.74) is 11.2. The fourth-order valence-electron chi connectivity index (χ4n) is 1.86. The van der Waals surface area contributed by atoms with E-state index in [0.29, 0.717) is 5.00 Å². The van der Waals surface area contributed by atoms with Crippen molar-refractivity contribution in [3.05, 3.63) is 10.4 Å². The summed E-state index contributed by atoms with van der Waals surface area (Å²) < 4.78 is 22.8. The molecule has 9 heteroatoms. The number of carbonyl (C=O) groups is 1. The molecule has 1 aliphatic heterocycles. The number of nitrogen functional groups attached to an aromatic ring is 1. The number of nitrogens with zero attached hydrogens (tertiary/aromatic N) is 2. The maximum absolute atomic E-state index is 11.4. The molecule has 1 aliphatic rings. The normalized spacial score (nSPS) is 17.9. The van der Waals surface area contributed by atoms with Crippen LogP contribution in [0.2, 0.25) is 0 Å². The zero-order chi connectivity index (χ0) is 14.2. The predicted molar refractivity (Wildman–Crippen MR) is 72.8 cm³/mol. The number of hydrogen-bond donors (Lipinski definition) is 2. The van der Waals surface area contributed by atoms with Crippen LogP contribution in [0.5, 0.6) is 0 Å². The third-order valence-corrected chi connectivity index (χ3v) is 5.78. The Kier molecular flexibility index (Phi) is 3.38. The highest BCUT2D eigenvalue weighted by atomic mass is 32.2. The molecule has 7 nitrogen and oxygen atoms in total. The average molecular weight is 300 g/mol. The summed E-state index contributed by atoms with van der Waals surface area (Å²) in [5.74, 6) is -0.627. The zero-order valence-corrected chi connectivity index (χ0v) is 11.6. The van der Waals surface area contributed by atoms with E-state index in [2.05, 4.69) is 0 Å². The molecular formula is C10H12N4O3S2. The van der Waals surface area contributed by atoms with Crippen LogP contribution in [-0.2, 0) is 9.84 Å². The number of sulfone groups is 1. The van der Waals surface area contributed by atoms with Crippen molar-refractivity contribution in [2.24, 2.45) is 5.73 Å². The highest BCUT2D eigenvalue weighted by Gasteiger charge is 2.28. The monoisotopic (exact) mass is 300 g/mol. The second kappa shape index (κ2) is 4.71. The van der Waals surface area contributed by atoms with E-state index in [1.165, 1.54) is 0 Å². The summed E-state index contributed by atoms with van der Waals surface area (Å²) in [5, 5.41) is 9.62. The second-order valence-corrected chi connectivity index (χ2v) is 7.44. The third-order valence-electron chi connectivity index (χ3n) is 2.89. The first kappa shape index (κ1) is 13.6. The molecule has 1 saturated heterocycles. The molecule has 2 heterocycles. The van der Waals surface area contributed by atoms with Crippen LogP contribution >= 0.6 is 11.3 Å². The predicted octanol–water partition coefficient (Wildman–Crippen LogP) is -0.464. The summed E-state index contributed by atoms with van der Waals surface area (Å²) in [6, 6.07) is 1.94. The lowest BCUT2D eigenvalue weighted by Crippen LogP contribution is -2.40. The molecule has 19 heavy (non-hydrogen) atoms. The van der Waals surface area contributed by atoms with Crippen LogP contribution in [0.3, 0.4) is 0 Å². The van der Waals surface area contributed by atoms with Gasteiger partial charge in [0.1, 0.15) is 21.5 Å². The molecule has 0 unspecified atom stereocenters. The third kappa shape index (κ3) is 2.50. The van der Waals surface area contributed by atoms with Crippen LogP contribution in [0.4, 0.5) is 10.7 Å². The molecule has 0 radical (unpaired) electrons. The minimum absolute atomic E-state index is 0.0293. The first-order valence-electron chi connectivity index (χ1n) is 5.43. The number of carbonyl (C=O) groups excluding carboxylic acids is 1. The number of hydrogen-bond acceptors (Lipinski definition) is 7. The van der Waals surface area contributed by atoms with Crippen LogP contribution in [0.15, 0.2) is 0 Å². The molecule has 0 saturated carbocycles. The van der Waals surface area contributed by atoms with E-state index in [1.807, 2.05) is 6.07 Å². The SMILES string of the molecule is N#Cc1c(N2CCS(=O)(=O)CC2)sc(C(N)=O)c1N. The van der Waals surface area contributed by atoms with Gasteiger partial charge in [-0.3, -0.25) is 4.79 Å². The van der Waals surface area contributed by atoms with Crippen molar-refractivity contribution in [3.63, 3.8) is 0 Å². The van der Waals surface area contributed by atoms with Gasteiger partial charge in [0.05, 0.1) is 17.2 Å². The van der Waals surface area contributed by atoms with Gasteiger partial charge in [-0.05, 0) is 0 Å². The van der Waals surface area contributed by atoms with E-state index in [4.69, 9.17) is 16.7 Å². The number of nitrogens with two attached hydrogens (primary N) is 2. The van der Waals surface area contributed by atoms with Gasteiger partial charge in [-0.1, -0.05) is 0 Å². The van der Waals surface area contributed by atoms with Gasteiger partial charge in [0, 0.05) is 13.1 Å². The molecule has 102 valence electrons. The number of thiophene rings is 1. The van der Waals surface area contributed by atoms with Crippen LogP contribution < -0.4 is 16.4 Å². The Morgan fingerprint density at radius 1 is 1.37 bits per heavy atom. The molecule has 0 atom stereocenters. The van der Waals surface area contributed by atoms with Gasteiger partial charge < -0.3 is 16.4 Å². The first-order valence-corrected chi connectivity index (χ1v) is 8.07. The zero-order valence-electron chi connectivity index (χ0n) is 9.92. The van der Waals surface area contributed by atoms with E-state index in [1.54, 1.807) is 4.90 Å². The quantitative estimate of drug-likeness (QED) is 0.759. The summed E-state index contributed by atoms with van der Waals surface area (Å²) >= 11 is 1.03. The van der Waals surface area contributed by atoms with Crippen LogP contribution in [0.1, 0.15) is 15.2 Å². The van der Waals surface area contributed by atoms with Crippen LogP contribution in [-0.4, -0.2) is 38.9 Å². The van der Waals surface area contributed by atoms with Crippen LogP contribution in [0.25, 0.3) is 0 Å². The first-order chi connectivity index (χ1) is 8.85. The second-order valence-electron chi connectivity index (χ2n) is 4.14. The van der Waals surface area contributed by atoms with E-state index < -0.39 is 15.7 Å². The Hall–Kier alpha value is -1.79. The van der Waals surface area contributed by atoms with Crippen molar-refractivity contribution >= 4 is 37.8 Å². The summed E-state index contributed by atoms with van der Waals surface area (Å²) in [6.45, 7) is 0.574. The molecule has 0 aromatic carbocycles. The number of anilines is 2. The highest BCUT2D eigenvalue weighted by Crippen LogP contribution is 2.38. The van der Waals surface area contributed by atoms with Gasteiger partial charge >= 0.3 is 0 Å². The Bertz CT molecular complexity index is 658. The summed E-state index contributed by atoms with van der Waals surface area (Å²) in [7, 11) is -3.01. The topological polar surface area (TPSA) is 130 Å². The number of nitriles is 1. The molecular weight excluding hydrogens is 288 g/mol. The van der Waals surface area contributed by atoms with Gasteiger partial charge in [0.2, 0.25) is 0 Å². The Balaban J connectivity index is 2.39. The Morgan fingerprint density at radius 3 is 2.42 bits per heavy atom.